The lowest BCUT2D eigenvalue weighted by atomic mass is 9.90. The van der Waals surface area contributed by atoms with Crippen LogP contribution in [-0.4, -0.2) is 59.0 Å². The quantitative estimate of drug-likeness (QED) is 0.706. The fourth-order valence-corrected chi connectivity index (χ4v) is 4.86. The van der Waals surface area contributed by atoms with Crippen molar-refractivity contribution in [3.63, 3.8) is 0 Å². The maximum atomic E-state index is 13.8. The molecule has 2 aromatic rings. The van der Waals surface area contributed by atoms with Gasteiger partial charge in [-0.1, -0.05) is 38.5 Å². The normalized spacial score (nSPS) is 19.7. The molecular weight excluding hydrogens is 446 g/mol. The van der Waals surface area contributed by atoms with Gasteiger partial charge in [-0.15, -0.1) is 0 Å². The van der Waals surface area contributed by atoms with Gasteiger partial charge in [-0.25, -0.2) is 0 Å². The van der Waals surface area contributed by atoms with Crippen molar-refractivity contribution >= 4 is 17.7 Å². The van der Waals surface area contributed by atoms with Crippen molar-refractivity contribution in [3.8, 4) is 0 Å². The van der Waals surface area contributed by atoms with Crippen LogP contribution in [-0.2, 0) is 20.9 Å². The average molecular weight is 482 g/mol. The lowest BCUT2D eigenvalue weighted by Gasteiger charge is -2.44. The first kappa shape index (κ1) is 25.0. The summed E-state index contributed by atoms with van der Waals surface area (Å²) in [5, 5.41) is 2.88. The van der Waals surface area contributed by atoms with Gasteiger partial charge in [-0.2, -0.15) is 0 Å². The highest BCUT2D eigenvalue weighted by Gasteiger charge is 2.54. The zero-order valence-electron chi connectivity index (χ0n) is 21.0. The number of benzene rings is 1. The number of amides is 3. The number of hydrogen-bond acceptors (Lipinski definition) is 5. The molecule has 0 saturated carbocycles. The van der Waals surface area contributed by atoms with Gasteiger partial charge >= 0.3 is 0 Å². The highest BCUT2D eigenvalue weighted by Crippen LogP contribution is 2.39. The van der Waals surface area contributed by atoms with Crippen LogP contribution in [0.1, 0.15) is 61.7 Å². The Balaban J connectivity index is 1.54. The maximum absolute atomic E-state index is 13.8. The Kier molecular flexibility index (Phi) is 7.03. The van der Waals surface area contributed by atoms with Gasteiger partial charge in [-0.05, 0) is 36.6 Å². The summed E-state index contributed by atoms with van der Waals surface area (Å²) < 4.78 is 11.6. The molecular formula is C27H35N3O5. The summed E-state index contributed by atoms with van der Waals surface area (Å²) in [6, 6.07) is 10.1. The number of hydrogen-bond donors (Lipinski definition) is 1. The number of carbonyl (C=O) groups is 3. The lowest BCUT2D eigenvalue weighted by Crippen LogP contribution is -2.59. The molecule has 2 saturated heterocycles. The fourth-order valence-electron chi connectivity index (χ4n) is 4.86. The summed E-state index contributed by atoms with van der Waals surface area (Å²) in [6.07, 6.45) is 2.94. The summed E-state index contributed by atoms with van der Waals surface area (Å²) in [6.45, 7) is 9.37. The molecule has 0 unspecified atom stereocenters. The molecule has 3 amide bonds. The van der Waals surface area contributed by atoms with Gasteiger partial charge < -0.3 is 19.4 Å². The molecule has 35 heavy (non-hydrogen) atoms. The van der Waals surface area contributed by atoms with Crippen LogP contribution in [0.15, 0.2) is 47.1 Å². The molecule has 2 fully saturated rings. The smallest absolute Gasteiger partial charge is 0.256 e. The molecule has 188 valence electrons. The van der Waals surface area contributed by atoms with E-state index >= 15 is 0 Å². The van der Waals surface area contributed by atoms with Crippen molar-refractivity contribution < 1.29 is 23.5 Å². The third-order valence-electron chi connectivity index (χ3n) is 6.64. The first-order valence-corrected chi connectivity index (χ1v) is 12.2. The van der Waals surface area contributed by atoms with Crippen molar-refractivity contribution in [1.82, 2.24) is 15.1 Å². The molecule has 0 radical (unpaired) electrons. The summed E-state index contributed by atoms with van der Waals surface area (Å²) in [5.74, 6) is 0.216. The van der Waals surface area contributed by atoms with E-state index in [2.05, 4.69) is 5.32 Å². The molecule has 0 bridgehead atoms. The minimum Gasteiger partial charge on any atom is -0.467 e. The lowest BCUT2D eigenvalue weighted by molar-refractivity contribution is -0.145. The molecule has 0 aliphatic carbocycles. The van der Waals surface area contributed by atoms with Crippen LogP contribution in [0.5, 0.6) is 0 Å². The number of aryl methyl sites for hydroxylation is 1. The van der Waals surface area contributed by atoms with E-state index in [1.165, 1.54) is 0 Å². The number of furan rings is 1. The van der Waals surface area contributed by atoms with Crippen molar-refractivity contribution in [3.05, 3.63) is 59.5 Å². The van der Waals surface area contributed by atoms with E-state index in [4.69, 9.17) is 9.15 Å². The minimum atomic E-state index is -0.925. The van der Waals surface area contributed by atoms with E-state index in [-0.39, 0.29) is 36.3 Å². The van der Waals surface area contributed by atoms with Crippen LogP contribution in [0, 0.1) is 12.3 Å². The maximum Gasteiger partial charge on any atom is 0.256 e. The summed E-state index contributed by atoms with van der Waals surface area (Å²) in [4.78, 5) is 43.3. The Hall–Kier alpha value is -3.13. The second-order valence-electron chi connectivity index (χ2n) is 10.7. The van der Waals surface area contributed by atoms with Crippen LogP contribution in [0.4, 0.5) is 0 Å². The van der Waals surface area contributed by atoms with Crippen LogP contribution >= 0.6 is 0 Å². The number of piperidine rings is 1. The summed E-state index contributed by atoms with van der Waals surface area (Å²) in [5.41, 5.74) is 0.461. The standard InChI is InChI=1S/C27H35N3O5/c1-19-7-5-8-20(15-19)25(33)30-22(24(32)28-17-21-9-6-14-34-21)18-35-27(30)10-12-29(13-11-27)23(31)16-26(2,3)4/h5-9,14-15,22H,10-13,16-18H2,1-4H3,(H,28,32)/t22-/m0/s1. The fraction of sp³-hybridized carbons (Fsp3) is 0.519. The monoisotopic (exact) mass is 481 g/mol. The average Bonchev–Trinajstić information content (AvgIpc) is 3.45. The Morgan fingerprint density at radius 2 is 1.86 bits per heavy atom. The van der Waals surface area contributed by atoms with Crippen molar-refractivity contribution in [2.24, 2.45) is 5.41 Å². The highest BCUT2D eigenvalue weighted by molar-refractivity contribution is 5.98. The third kappa shape index (κ3) is 5.59. The molecule has 1 aromatic heterocycles. The van der Waals surface area contributed by atoms with Gasteiger partial charge in [-0.3, -0.25) is 19.3 Å². The molecule has 1 atom stereocenters. The molecule has 1 N–H and O–H groups in total. The second-order valence-corrected chi connectivity index (χ2v) is 10.7. The van der Waals surface area contributed by atoms with Crippen molar-refractivity contribution in [2.45, 2.75) is 65.3 Å². The van der Waals surface area contributed by atoms with Gasteiger partial charge in [0, 0.05) is 37.9 Å². The number of likely N-dealkylation sites (tertiary alicyclic amines) is 1. The van der Waals surface area contributed by atoms with Crippen molar-refractivity contribution in [1.29, 1.82) is 0 Å². The Labute approximate surface area is 206 Å². The van der Waals surface area contributed by atoms with E-state index in [1.54, 1.807) is 29.4 Å². The Bertz CT molecular complexity index is 1060. The second kappa shape index (κ2) is 9.85. The van der Waals surface area contributed by atoms with E-state index in [9.17, 15) is 14.4 Å². The molecule has 8 nitrogen and oxygen atoms in total. The molecule has 3 heterocycles. The summed E-state index contributed by atoms with van der Waals surface area (Å²) >= 11 is 0. The van der Waals surface area contributed by atoms with E-state index in [0.717, 1.165) is 5.56 Å². The topological polar surface area (TPSA) is 92.1 Å². The first-order chi connectivity index (χ1) is 16.6. The summed E-state index contributed by atoms with van der Waals surface area (Å²) in [7, 11) is 0. The first-order valence-electron chi connectivity index (χ1n) is 12.2. The van der Waals surface area contributed by atoms with Gasteiger partial charge in [0.15, 0.2) is 0 Å². The molecule has 4 rings (SSSR count). The van der Waals surface area contributed by atoms with Crippen molar-refractivity contribution in [2.75, 3.05) is 19.7 Å². The van der Waals surface area contributed by atoms with Crippen LogP contribution in [0.3, 0.4) is 0 Å². The zero-order chi connectivity index (χ0) is 25.2. The van der Waals surface area contributed by atoms with Crippen LogP contribution < -0.4 is 5.32 Å². The highest BCUT2D eigenvalue weighted by atomic mass is 16.5. The molecule has 1 aromatic carbocycles. The molecule has 8 heteroatoms. The number of ether oxygens (including phenoxy) is 1. The van der Waals surface area contributed by atoms with E-state index < -0.39 is 11.8 Å². The molecule has 2 aliphatic heterocycles. The number of rotatable bonds is 5. The largest absolute Gasteiger partial charge is 0.467 e. The van der Waals surface area contributed by atoms with Gasteiger partial charge in [0.05, 0.1) is 19.4 Å². The number of carbonyl (C=O) groups excluding carboxylic acids is 3. The molecule has 2 aliphatic rings. The Morgan fingerprint density at radius 3 is 2.49 bits per heavy atom. The van der Waals surface area contributed by atoms with Gasteiger partial charge in [0.25, 0.3) is 5.91 Å². The molecule has 1 spiro atoms. The third-order valence-corrected chi connectivity index (χ3v) is 6.64. The minimum absolute atomic E-state index is 0.0968. The number of nitrogens with one attached hydrogen (secondary N) is 1. The zero-order valence-corrected chi connectivity index (χ0v) is 21.0. The van der Waals surface area contributed by atoms with Crippen LogP contribution in [0.25, 0.3) is 0 Å². The van der Waals surface area contributed by atoms with E-state index in [1.807, 2.05) is 50.8 Å². The SMILES string of the molecule is Cc1cccc(C(=O)N2[C@H](C(=O)NCc3ccco3)COC23CCN(C(=O)CC(C)(C)C)CC3)c1. The van der Waals surface area contributed by atoms with Gasteiger partial charge in [0.1, 0.15) is 17.5 Å². The predicted molar refractivity (Wildman–Crippen MR) is 130 cm³/mol. The van der Waals surface area contributed by atoms with E-state index in [0.29, 0.717) is 43.7 Å². The van der Waals surface area contributed by atoms with Crippen LogP contribution in [0.2, 0.25) is 0 Å². The Morgan fingerprint density at radius 1 is 1.11 bits per heavy atom. The predicted octanol–water partition coefficient (Wildman–Crippen LogP) is 3.50. The van der Waals surface area contributed by atoms with Gasteiger partial charge in [0.2, 0.25) is 11.8 Å². The number of nitrogens with zero attached hydrogens (tertiary/aromatic N) is 2.